The molecule has 0 unspecified atom stereocenters. The number of sulfonamides is 2. The van der Waals surface area contributed by atoms with Gasteiger partial charge in [-0.1, -0.05) is 60.7 Å². The van der Waals surface area contributed by atoms with Crippen LogP contribution in [-0.4, -0.2) is 16.8 Å². The van der Waals surface area contributed by atoms with E-state index in [1.807, 2.05) is 25.3 Å². The second-order valence-electron chi connectivity index (χ2n) is 8.49. The number of aromatic nitrogens is 1. The molecule has 0 radical (unpaired) electrons. The van der Waals surface area contributed by atoms with E-state index in [4.69, 9.17) is 0 Å². The van der Waals surface area contributed by atoms with Crippen molar-refractivity contribution >= 4 is 42.2 Å². The standard InChI is InChI=1S/C28H24N3O4S2.ClH/c1-21-11-10-18-31(20-21)27-19-26(29-36(32,33)22-12-4-2-5-13-22)24-16-8-9-17-25(24)28(27)30-37(34,35)23-14-6-3-7-15-23;/h2-20,29-30H,1H3;1H/q+1;/p-1. The molecule has 2 N–H and O–H groups in total. The lowest BCUT2D eigenvalue weighted by atomic mass is 10.1. The van der Waals surface area contributed by atoms with Crippen LogP contribution >= 0.6 is 0 Å². The summed E-state index contributed by atoms with van der Waals surface area (Å²) in [6, 6.07) is 28.7. The predicted molar refractivity (Wildman–Crippen MR) is 145 cm³/mol. The van der Waals surface area contributed by atoms with Gasteiger partial charge in [-0.25, -0.2) is 16.8 Å². The van der Waals surface area contributed by atoms with Crippen LogP contribution in [0.15, 0.2) is 125 Å². The topological polar surface area (TPSA) is 96.2 Å². The highest BCUT2D eigenvalue weighted by Crippen LogP contribution is 2.36. The minimum Gasteiger partial charge on any atom is -1.00 e. The van der Waals surface area contributed by atoms with Crippen LogP contribution in [0.5, 0.6) is 0 Å². The third-order valence-corrected chi connectivity index (χ3v) is 8.59. The summed E-state index contributed by atoms with van der Waals surface area (Å²) in [5.74, 6) is 0. The molecule has 0 saturated heterocycles. The Labute approximate surface area is 228 Å². The lowest BCUT2D eigenvalue weighted by Gasteiger charge is -2.16. The quantitative estimate of drug-likeness (QED) is 0.295. The minimum absolute atomic E-state index is 0. The third kappa shape index (κ3) is 5.50. The molecule has 0 amide bonds. The highest BCUT2D eigenvalue weighted by atomic mass is 35.5. The van der Waals surface area contributed by atoms with E-state index in [9.17, 15) is 16.8 Å². The Kier molecular flexibility index (Phi) is 7.73. The zero-order valence-electron chi connectivity index (χ0n) is 20.2. The van der Waals surface area contributed by atoms with Gasteiger partial charge in [0, 0.05) is 28.5 Å². The van der Waals surface area contributed by atoms with Gasteiger partial charge in [0.1, 0.15) is 5.69 Å². The fourth-order valence-corrected chi connectivity index (χ4v) is 6.30. The first-order valence-corrected chi connectivity index (χ1v) is 14.4. The monoisotopic (exact) mass is 565 g/mol. The summed E-state index contributed by atoms with van der Waals surface area (Å²) in [4.78, 5) is 0.242. The van der Waals surface area contributed by atoms with E-state index in [1.165, 1.54) is 24.3 Å². The molecule has 0 aliphatic heterocycles. The fraction of sp³-hybridized carbons (Fsp3) is 0.0357. The molecule has 0 spiro atoms. The first-order chi connectivity index (χ1) is 17.7. The second-order valence-corrected chi connectivity index (χ2v) is 11.9. The Morgan fingerprint density at radius 1 is 0.632 bits per heavy atom. The Balaban J connectivity index is 0.00000336. The van der Waals surface area contributed by atoms with Crippen molar-refractivity contribution in [3.63, 3.8) is 0 Å². The van der Waals surface area contributed by atoms with Crippen LogP contribution in [0.2, 0.25) is 0 Å². The van der Waals surface area contributed by atoms with E-state index in [2.05, 4.69) is 9.44 Å². The van der Waals surface area contributed by atoms with Crippen LogP contribution in [0.3, 0.4) is 0 Å². The largest absolute Gasteiger partial charge is 1.00 e. The molecule has 0 aliphatic carbocycles. The summed E-state index contributed by atoms with van der Waals surface area (Å²) >= 11 is 0. The molecule has 4 aromatic carbocycles. The molecule has 0 saturated carbocycles. The van der Waals surface area contributed by atoms with Gasteiger partial charge in [0.25, 0.3) is 20.0 Å². The van der Waals surface area contributed by atoms with Gasteiger partial charge < -0.3 is 12.4 Å². The lowest BCUT2D eigenvalue weighted by molar-refractivity contribution is -0.595. The average molecular weight is 566 g/mol. The van der Waals surface area contributed by atoms with Crippen LogP contribution < -0.4 is 26.4 Å². The minimum atomic E-state index is -3.94. The fourth-order valence-electron chi connectivity index (χ4n) is 4.10. The maximum absolute atomic E-state index is 13.4. The van der Waals surface area contributed by atoms with Gasteiger partial charge in [-0.3, -0.25) is 9.44 Å². The van der Waals surface area contributed by atoms with E-state index in [0.29, 0.717) is 27.8 Å². The number of rotatable bonds is 7. The van der Waals surface area contributed by atoms with Crippen LogP contribution in [-0.2, 0) is 20.0 Å². The number of aryl methyl sites for hydroxylation is 1. The summed E-state index contributed by atoms with van der Waals surface area (Å²) in [5.41, 5.74) is 2.07. The summed E-state index contributed by atoms with van der Waals surface area (Å²) in [6.45, 7) is 1.92. The maximum Gasteiger partial charge on any atom is 0.262 e. The van der Waals surface area contributed by atoms with Gasteiger partial charge in [0.15, 0.2) is 12.4 Å². The normalized spacial score (nSPS) is 11.5. The van der Waals surface area contributed by atoms with Gasteiger partial charge in [-0.15, -0.1) is 0 Å². The molecule has 1 heterocycles. The van der Waals surface area contributed by atoms with Crippen molar-refractivity contribution in [1.82, 2.24) is 0 Å². The first-order valence-electron chi connectivity index (χ1n) is 11.4. The molecule has 0 aliphatic rings. The molecule has 0 fully saturated rings. The third-order valence-electron chi connectivity index (χ3n) is 5.84. The van der Waals surface area contributed by atoms with E-state index in [1.54, 1.807) is 77.5 Å². The zero-order valence-corrected chi connectivity index (χ0v) is 22.6. The van der Waals surface area contributed by atoms with Gasteiger partial charge >= 0.3 is 0 Å². The Bertz CT molecular complexity index is 1810. The molecular formula is C28H24ClN3O4S2. The van der Waals surface area contributed by atoms with E-state index in [-0.39, 0.29) is 22.2 Å². The molecule has 5 rings (SSSR count). The summed E-state index contributed by atoms with van der Waals surface area (Å²) in [6.07, 6.45) is 3.63. The van der Waals surface area contributed by atoms with Gasteiger partial charge in [0.2, 0.25) is 5.69 Å². The summed E-state index contributed by atoms with van der Waals surface area (Å²) in [7, 11) is -7.84. The number of hydrogen-bond acceptors (Lipinski definition) is 4. The van der Waals surface area contributed by atoms with Gasteiger partial charge in [0.05, 0.1) is 15.5 Å². The van der Waals surface area contributed by atoms with Crippen molar-refractivity contribution in [3.05, 3.63) is 121 Å². The molecular weight excluding hydrogens is 542 g/mol. The SMILES string of the molecule is Cc1ccc[n+](-c2cc(NS(=O)(=O)c3ccccc3)c3ccccc3c2NS(=O)(=O)c2ccccc2)c1.[Cl-]. The number of anilines is 2. The Morgan fingerprint density at radius 3 is 1.74 bits per heavy atom. The molecule has 194 valence electrons. The molecule has 5 aromatic rings. The number of nitrogens with one attached hydrogen (secondary N) is 2. The van der Waals surface area contributed by atoms with E-state index >= 15 is 0 Å². The highest BCUT2D eigenvalue weighted by molar-refractivity contribution is 7.93. The van der Waals surface area contributed by atoms with Gasteiger partial charge in [-0.05, 0) is 37.3 Å². The van der Waals surface area contributed by atoms with Crippen molar-refractivity contribution in [2.24, 2.45) is 0 Å². The molecule has 7 nitrogen and oxygen atoms in total. The number of pyridine rings is 1. The first kappa shape index (κ1) is 27.1. The van der Waals surface area contributed by atoms with Crippen LogP contribution in [0.25, 0.3) is 16.5 Å². The summed E-state index contributed by atoms with van der Waals surface area (Å²) < 4.78 is 60.4. The maximum atomic E-state index is 13.4. The molecule has 0 atom stereocenters. The molecule has 1 aromatic heterocycles. The van der Waals surface area contributed by atoms with E-state index in [0.717, 1.165) is 5.56 Å². The van der Waals surface area contributed by atoms with Crippen LogP contribution in [0.4, 0.5) is 11.4 Å². The van der Waals surface area contributed by atoms with Crippen LogP contribution in [0, 0.1) is 6.92 Å². The van der Waals surface area contributed by atoms with Crippen molar-refractivity contribution in [1.29, 1.82) is 0 Å². The number of halogens is 1. The van der Waals surface area contributed by atoms with Gasteiger partial charge in [-0.2, -0.15) is 4.57 Å². The molecule has 0 bridgehead atoms. The van der Waals surface area contributed by atoms with Crippen molar-refractivity contribution < 1.29 is 33.8 Å². The summed E-state index contributed by atoms with van der Waals surface area (Å²) in [5, 5.41) is 1.09. The number of benzene rings is 4. The van der Waals surface area contributed by atoms with Crippen molar-refractivity contribution in [2.75, 3.05) is 9.44 Å². The number of nitrogens with zero attached hydrogens (tertiary/aromatic N) is 1. The van der Waals surface area contributed by atoms with Crippen LogP contribution in [0.1, 0.15) is 5.56 Å². The van der Waals surface area contributed by atoms with Crippen molar-refractivity contribution in [2.45, 2.75) is 16.7 Å². The number of fused-ring (bicyclic) bond motifs is 1. The number of hydrogen-bond donors (Lipinski definition) is 2. The molecule has 10 heteroatoms. The Hall–Kier alpha value is -3.92. The Morgan fingerprint density at radius 2 is 1.16 bits per heavy atom. The average Bonchev–Trinajstić information content (AvgIpc) is 2.91. The zero-order chi connectivity index (χ0) is 26.0. The van der Waals surface area contributed by atoms with E-state index < -0.39 is 20.0 Å². The molecule has 38 heavy (non-hydrogen) atoms. The lowest BCUT2D eigenvalue weighted by Crippen LogP contribution is -3.00. The predicted octanol–water partition coefficient (Wildman–Crippen LogP) is 2.03. The van der Waals surface area contributed by atoms with Crippen molar-refractivity contribution in [3.8, 4) is 5.69 Å². The second kappa shape index (κ2) is 10.8. The highest BCUT2D eigenvalue weighted by Gasteiger charge is 2.26. The smallest absolute Gasteiger partial charge is 0.262 e.